The van der Waals surface area contributed by atoms with Crippen LogP contribution in [0, 0.1) is 5.41 Å². The predicted octanol–water partition coefficient (Wildman–Crippen LogP) is 3.10. The Balaban J connectivity index is 1.58. The maximum absolute atomic E-state index is 12.4. The minimum absolute atomic E-state index is 0.104. The van der Waals surface area contributed by atoms with E-state index in [2.05, 4.69) is 22.4 Å². The molecule has 118 valence electrons. The molecular formula is C17H16N2O3S. The summed E-state index contributed by atoms with van der Waals surface area (Å²) in [6.07, 6.45) is 3.09. The molecule has 2 N–H and O–H groups in total. The third-order valence-electron chi connectivity index (χ3n) is 4.64. The van der Waals surface area contributed by atoms with E-state index in [1.165, 1.54) is 21.8 Å². The molecule has 1 aromatic carbocycles. The van der Waals surface area contributed by atoms with Gasteiger partial charge in [0.25, 0.3) is 0 Å². The monoisotopic (exact) mass is 328 g/mol. The third-order valence-corrected chi connectivity index (χ3v) is 5.67. The van der Waals surface area contributed by atoms with E-state index in [0.29, 0.717) is 18.0 Å². The van der Waals surface area contributed by atoms with Crippen LogP contribution in [0.2, 0.25) is 0 Å². The third kappa shape index (κ3) is 2.53. The fourth-order valence-electron chi connectivity index (χ4n) is 3.16. The zero-order valence-corrected chi connectivity index (χ0v) is 13.3. The van der Waals surface area contributed by atoms with Crippen LogP contribution in [0.5, 0.6) is 0 Å². The van der Waals surface area contributed by atoms with Crippen LogP contribution >= 0.6 is 11.3 Å². The minimum Gasteiger partial charge on any atom is -0.481 e. The van der Waals surface area contributed by atoms with Gasteiger partial charge in [-0.3, -0.25) is 9.59 Å². The fraction of sp³-hybridized carbons (Fsp3) is 0.353. The molecule has 5 nitrogen and oxygen atoms in total. The predicted molar refractivity (Wildman–Crippen MR) is 87.5 cm³/mol. The van der Waals surface area contributed by atoms with Crippen molar-refractivity contribution in [2.45, 2.75) is 32.1 Å². The summed E-state index contributed by atoms with van der Waals surface area (Å²) < 4.78 is 0. The van der Waals surface area contributed by atoms with Gasteiger partial charge in [0, 0.05) is 10.4 Å². The number of hydrogen-bond donors (Lipinski definition) is 2. The quantitative estimate of drug-likeness (QED) is 0.904. The van der Waals surface area contributed by atoms with Gasteiger partial charge in [0.15, 0.2) is 5.13 Å². The average Bonchev–Trinajstić information content (AvgIpc) is 3.18. The van der Waals surface area contributed by atoms with Crippen LogP contribution in [0.4, 0.5) is 5.13 Å². The standard InChI is InChI=1S/C17H16N2O3S/c20-13(21)9-17(7-8-17)15(22)19-16-18-14-11-4-2-1-3-10(11)5-6-12(14)23-16/h1-4H,5-9H2,(H,20,21)(H,18,19,22). The Morgan fingerprint density at radius 3 is 2.78 bits per heavy atom. The van der Waals surface area contributed by atoms with E-state index in [1.807, 2.05) is 12.1 Å². The van der Waals surface area contributed by atoms with Crippen molar-refractivity contribution in [1.29, 1.82) is 0 Å². The molecule has 1 fully saturated rings. The van der Waals surface area contributed by atoms with Crippen molar-refractivity contribution >= 4 is 28.3 Å². The molecule has 1 amide bonds. The Bertz CT molecular complexity index is 808. The number of thiazole rings is 1. The van der Waals surface area contributed by atoms with Gasteiger partial charge in [-0.25, -0.2) is 4.98 Å². The molecule has 0 atom stereocenters. The van der Waals surface area contributed by atoms with E-state index in [9.17, 15) is 9.59 Å². The highest BCUT2D eigenvalue weighted by molar-refractivity contribution is 7.16. The first-order valence-corrected chi connectivity index (χ1v) is 8.50. The maximum atomic E-state index is 12.4. The zero-order valence-electron chi connectivity index (χ0n) is 12.5. The molecule has 4 rings (SSSR count). The number of hydrogen-bond acceptors (Lipinski definition) is 4. The highest BCUT2D eigenvalue weighted by Crippen LogP contribution is 2.50. The highest BCUT2D eigenvalue weighted by Gasteiger charge is 2.51. The van der Waals surface area contributed by atoms with Crippen molar-refractivity contribution in [3.8, 4) is 11.3 Å². The molecule has 1 aromatic heterocycles. The Morgan fingerprint density at radius 2 is 2.04 bits per heavy atom. The number of nitrogens with zero attached hydrogens (tertiary/aromatic N) is 1. The first-order valence-electron chi connectivity index (χ1n) is 7.69. The van der Waals surface area contributed by atoms with Gasteiger partial charge in [0.1, 0.15) is 0 Å². The van der Waals surface area contributed by atoms with Gasteiger partial charge < -0.3 is 10.4 Å². The first-order chi connectivity index (χ1) is 11.1. The molecule has 2 aliphatic rings. The number of carbonyl (C=O) groups is 2. The summed E-state index contributed by atoms with van der Waals surface area (Å²) in [7, 11) is 0. The van der Waals surface area contributed by atoms with Crippen LogP contribution in [0.3, 0.4) is 0 Å². The second-order valence-electron chi connectivity index (χ2n) is 6.25. The topological polar surface area (TPSA) is 79.3 Å². The molecular weight excluding hydrogens is 312 g/mol. The normalized spacial score (nSPS) is 17.0. The summed E-state index contributed by atoms with van der Waals surface area (Å²) >= 11 is 1.50. The van der Waals surface area contributed by atoms with E-state index in [1.54, 1.807) is 0 Å². The minimum atomic E-state index is -0.926. The number of rotatable bonds is 4. The first kappa shape index (κ1) is 14.4. The number of amides is 1. The Hall–Kier alpha value is -2.21. The number of carbonyl (C=O) groups excluding carboxylic acids is 1. The number of aliphatic carboxylic acids is 1. The van der Waals surface area contributed by atoms with Gasteiger partial charge in [0.05, 0.1) is 17.5 Å². The summed E-state index contributed by atoms with van der Waals surface area (Å²) in [6, 6.07) is 8.20. The Morgan fingerprint density at radius 1 is 1.26 bits per heavy atom. The van der Waals surface area contributed by atoms with Gasteiger partial charge in [0.2, 0.25) is 5.91 Å². The van der Waals surface area contributed by atoms with Gasteiger partial charge in [-0.15, -0.1) is 11.3 Å². The molecule has 0 unspecified atom stereocenters. The second kappa shape index (κ2) is 5.16. The van der Waals surface area contributed by atoms with E-state index in [4.69, 9.17) is 5.11 Å². The molecule has 0 bridgehead atoms. The number of aromatic nitrogens is 1. The maximum Gasteiger partial charge on any atom is 0.304 e. The van der Waals surface area contributed by atoms with Crippen LogP contribution in [0.1, 0.15) is 29.7 Å². The van der Waals surface area contributed by atoms with Gasteiger partial charge in [-0.2, -0.15) is 0 Å². The van der Waals surface area contributed by atoms with Crippen molar-refractivity contribution in [2.24, 2.45) is 5.41 Å². The lowest BCUT2D eigenvalue weighted by Gasteiger charge is -2.13. The summed E-state index contributed by atoms with van der Waals surface area (Å²) in [5.74, 6) is -1.13. The molecule has 0 aliphatic heterocycles. The molecule has 2 aromatic rings. The summed E-state index contributed by atoms with van der Waals surface area (Å²) in [4.78, 5) is 29.1. The van der Waals surface area contributed by atoms with Gasteiger partial charge >= 0.3 is 5.97 Å². The largest absolute Gasteiger partial charge is 0.481 e. The molecule has 0 spiro atoms. The van der Waals surface area contributed by atoms with Crippen LogP contribution in [0.25, 0.3) is 11.3 Å². The van der Waals surface area contributed by atoms with Crippen molar-refractivity contribution < 1.29 is 14.7 Å². The summed E-state index contributed by atoms with van der Waals surface area (Å²) in [5, 5.41) is 12.4. The van der Waals surface area contributed by atoms with Crippen LogP contribution < -0.4 is 5.32 Å². The highest BCUT2D eigenvalue weighted by atomic mass is 32.1. The molecule has 23 heavy (non-hydrogen) atoms. The van der Waals surface area contributed by atoms with Crippen molar-refractivity contribution in [1.82, 2.24) is 4.98 Å². The Labute approximate surface area is 137 Å². The number of anilines is 1. The van der Waals surface area contributed by atoms with E-state index >= 15 is 0 Å². The van der Waals surface area contributed by atoms with E-state index in [-0.39, 0.29) is 12.3 Å². The fourth-order valence-corrected chi connectivity index (χ4v) is 4.13. The van der Waals surface area contributed by atoms with E-state index in [0.717, 1.165) is 24.1 Å². The van der Waals surface area contributed by atoms with Crippen LogP contribution in [-0.4, -0.2) is 22.0 Å². The van der Waals surface area contributed by atoms with E-state index < -0.39 is 11.4 Å². The molecule has 1 heterocycles. The average molecular weight is 328 g/mol. The Kier molecular flexibility index (Phi) is 3.23. The lowest BCUT2D eigenvalue weighted by molar-refractivity contribution is -0.140. The van der Waals surface area contributed by atoms with Crippen LogP contribution in [0.15, 0.2) is 24.3 Å². The molecule has 6 heteroatoms. The van der Waals surface area contributed by atoms with Gasteiger partial charge in [-0.1, -0.05) is 24.3 Å². The number of carboxylic acids is 1. The van der Waals surface area contributed by atoms with Crippen LogP contribution in [-0.2, 0) is 22.4 Å². The molecule has 1 saturated carbocycles. The zero-order chi connectivity index (χ0) is 16.0. The lowest BCUT2D eigenvalue weighted by atomic mass is 9.94. The number of nitrogens with one attached hydrogen (secondary N) is 1. The van der Waals surface area contributed by atoms with Crippen molar-refractivity contribution in [3.05, 3.63) is 34.7 Å². The smallest absolute Gasteiger partial charge is 0.304 e. The number of aryl methyl sites for hydroxylation is 2. The molecule has 0 radical (unpaired) electrons. The number of carboxylic acid groups (broad SMARTS) is 1. The SMILES string of the molecule is O=C(O)CC1(C(=O)Nc2nc3c(s2)CCc2ccccc2-3)CC1. The molecule has 0 saturated heterocycles. The summed E-state index contributed by atoms with van der Waals surface area (Å²) in [5.41, 5.74) is 2.65. The molecule has 2 aliphatic carbocycles. The van der Waals surface area contributed by atoms with Crippen molar-refractivity contribution in [2.75, 3.05) is 5.32 Å². The number of benzene rings is 1. The van der Waals surface area contributed by atoms with Gasteiger partial charge in [-0.05, 0) is 31.2 Å². The number of fused-ring (bicyclic) bond motifs is 3. The lowest BCUT2D eigenvalue weighted by Crippen LogP contribution is -2.26. The van der Waals surface area contributed by atoms with Crippen molar-refractivity contribution in [3.63, 3.8) is 0 Å². The summed E-state index contributed by atoms with van der Waals surface area (Å²) in [6.45, 7) is 0. The second-order valence-corrected chi connectivity index (χ2v) is 7.34.